The van der Waals surface area contributed by atoms with Gasteiger partial charge in [0.25, 0.3) is 0 Å². The van der Waals surface area contributed by atoms with E-state index >= 15 is 0 Å². The number of aromatic hydroxyl groups is 1. The lowest BCUT2D eigenvalue weighted by atomic mass is 9.80. The SMILES string of the molecule is CN(C)C(=O)/C=C/c1ccc(-c2ccc(NCC3CC4CCCC(C3)N4)nn2)c(O)c1. The Morgan fingerprint density at radius 1 is 1.19 bits per heavy atom. The third-order valence-electron chi connectivity index (χ3n) is 6.21. The van der Waals surface area contributed by atoms with Gasteiger partial charge in [-0.15, -0.1) is 10.2 Å². The van der Waals surface area contributed by atoms with Crippen LogP contribution in [0.25, 0.3) is 17.3 Å². The highest BCUT2D eigenvalue weighted by molar-refractivity contribution is 5.91. The second-order valence-corrected chi connectivity index (χ2v) is 8.86. The first-order valence-electron chi connectivity index (χ1n) is 11.0. The molecule has 3 N–H and O–H groups in total. The molecule has 0 saturated carbocycles. The van der Waals surface area contributed by atoms with E-state index in [2.05, 4.69) is 20.8 Å². The van der Waals surface area contributed by atoms with Crippen molar-refractivity contribution in [2.75, 3.05) is 26.0 Å². The highest BCUT2D eigenvalue weighted by atomic mass is 16.3. The van der Waals surface area contributed by atoms with E-state index in [1.165, 1.54) is 43.1 Å². The lowest BCUT2D eigenvalue weighted by molar-refractivity contribution is -0.123. The number of fused-ring (bicyclic) bond motifs is 2. The van der Waals surface area contributed by atoms with Gasteiger partial charge in [0.1, 0.15) is 11.6 Å². The Kier molecular flexibility index (Phi) is 6.51. The van der Waals surface area contributed by atoms with Crippen LogP contribution in [0.4, 0.5) is 5.82 Å². The molecule has 2 bridgehead atoms. The average molecular weight is 422 g/mol. The van der Waals surface area contributed by atoms with E-state index in [1.807, 2.05) is 18.2 Å². The number of nitrogens with one attached hydrogen (secondary N) is 2. The quantitative estimate of drug-likeness (QED) is 0.620. The van der Waals surface area contributed by atoms with Crippen molar-refractivity contribution in [1.29, 1.82) is 0 Å². The number of anilines is 1. The molecule has 3 heterocycles. The molecule has 2 saturated heterocycles. The van der Waals surface area contributed by atoms with Crippen LogP contribution >= 0.6 is 0 Å². The summed E-state index contributed by atoms with van der Waals surface area (Å²) in [6, 6.07) is 10.4. The van der Waals surface area contributed by atoms with Gasteiger partial charge in [0, 0.05) is 44.4 Å². The molecule has 1 aromatic carbocycles. The van der Waals surface area contributed by atoms with E-state index in [0.29, 0.717) is 29.3 Å². The average Bonchev–Trinajstić information content (AvgIpc) is 2.76. The maximum absolute atomic E-state index is 11.7. The molecule has 1 amide bonds. The summed E-state index contributed by atoms with van der Waals surface area (Å²) >= 11 is 0. The van der Waals surface area contributed by atoms with E-state index in [1.54, 1.807) is 32.3 Å². The summed E-state index contributed by atoms with van der Waals surface area (Å²) in [7, 11) is 3.39. The molecule has 0 radical (unpaired) electrons. The zero-order chi connectivity index (χ0) is 21.8. The molecule has 1 aromatic heterocycles. The largest absolute Gasteiger partial charge is 0.507 e. The fourth-order valence-electron chi connectivity index (χ4n) is 4.55. The van der Waals surface area contributed by atoms with E-state index in [4.69, 9.17) is 0 Å². The van der Waals surface area contributed by atoms with Gasteiger partial charge in [-0.3, -0.25) is 4.79 Å². The molecule has 2 aromatic rings. The minimum atomic E-state index is -0.106. The molecule has 164 valence electrons. The number of phenols is 1. The highest BCUT2D eigenvalue weighted by Gasteiger charge is 2.30. The molecular weight excluding hydrogens is 390 g/mol. The number of rotatable bonds is 6. The predicted molar refractivity (Wildman–Crippen MR) is 123 cm³/mol. The van der Waals surface area contributed by atoms with Crippen LogP contribution in [0, 0.1) is 5.92 Å². The second kappa shape index (κ2) is 9.47. The van der Waals surface area contributed by atoms with Gasteiger partial charge < -0.3 is 20.6 Å². The molecule has 2 atom stereocenters. The lowest BCUT2D eigenvalue weighted by Crippen LogP contribution is -2.49. The first-order chi connectivity index (χ1) is 15.0. The fraction of sp³-hybridized carbons (Fsp3) is 0.458. The van der Waals surface area contributed by atoms with Crippen molar-refractivity contribution in [3.8, 4) is 17.0 Å². The zero-order valence-corrected chi connectivity index (χ0v) is 18.2. The van der Waals surface area contributed by atoms with Gasteiger partial charge >= 0.3 is 0 Å². The first-order valence-corrected chi connectivity index (χ1v) is 11.0. The summed E-state index contributed by atoms with van der Waals surface area (Å²) in [5.74, 6) is 1.43. The van der Waals surface area contributed by atoms with E-state index in [-0.39, 0.29) is 11.7 Å². The van der Waals surface area contributed by atoms with E-state index < -0.39 is 0 Å². The third kappa shape index (κ3) is 5.41. The van der Waals surface area contributed by atoms with Crippen molar-refractivity contribution < 1.29 is 9.90 Å². The van der Waals surface area contributed by atoms with Gasteiger partial charge in [-0.2, -0.15) is 0 Å². The Hall–Kier alpha value is -2.93. The lowest BCUT2D eigenvalue weighted by Gasteiger charge is -2.40. The normalized spacial score (nSPS) is 23.0. The number of carbonyl (C=O) groups is 1. The van der Waals surface area contributed by atoms with Crippen molar-refractivity contribution >= 4 is 17.8 Å². The maximum atomic E-state index is 11.7. The molecule has 2 aliphatic heterocycles. The second-order valence-electron chi connectivity index (χ2n) is 8.86. The Labute approximate surface area is 183 Å². The van der Waals surface area contributed by atoms with Crippen LogP contribution in [0.5, 0.6) is 5.75 Å². The standard InChI is InChI=1S/C24H31N5O2/c1-29(2)24(31)11-7-16-6-8-20(22(30)14-16)21-9-10-23(28-27-21)25-15-17-12-18-4-3-5-19(13-17)26-18/h6-11,14,17-19,26,30H,3-5,12-13,15H2,1-2H3,(H,25,28)/b11-7+. The van der Waals surface area contributed by atoms with Crippen molar-refractivity contribution in [3.63, 3.8) is 0 Å². The van der Waals surface area contributed by atoms with Crippen molar-refractivity contribution in [2.24, 2.45) is 5.92 Å². The minimum absolute atomic E-state index is 0.106. The number of amides is 1. The van der Waals surface area contributed by atoms with Gasteiger partial charge in [0.15, 0.2) is 0 Å². The molecule has 2 aliphatic rings. The highest BCUT2D eigenvalue weighted by Crippen LogP contribution is 2.31. The molecule has 31 heavy (non-hydrogen) atoms. The number of phenolic OH excluding ortho intramolecular Hbond substituents is 1. The molecule has 0 spiro atoms. The summed E-state index contributed by atoms with van der Waals surface area (Å²) in [4.78, 5) is 13.2. The number of carbonyl (C=O) groups excluding carboxylic acids is 1. The molecule has 2 fully saturated rings. The van der Waals surface area contributed by atoms with Gasteiger partial charge in [-0.05, 0) is 67.5 Å². The number of piperidine rings is 2. The molecule has 0 aliphatic carbocycles. The van der Waals surface area contributed by atoms with Crippen LogP contribution in [0.2, 0.25) is 0 Å². The van der Waals surface area contributed by atoms with Crippen LogP contribution in [0.15, 0.2) is 36.4 Å². The number of likely N-dealkylation sites (N-methyl/N-ethyl adjacent to an activating group) is 1. The summed E-state index contributed by atoms with van der Waals surface area (Å²) < 4.78 is 0. The predicted octanol–water partition coefficient (Wildman–Crippen LogP) is 3.28. The van der Waals surface area contributed by atoms with Gasteiger partial charge in [-0.25, -0.2) is 0 Å². The summed E-state index contributed by atoms with van der Waals surface area (Å²) in [5, 5.41) is 26.2. The van der Waals surface area contributed by atoms with Gasteiger partial charge in [0.2, 0.25) is 5.91 Å². The first kappa shape index (κ1) is 21.3. The number of hydrogen-bond donors (Lipinski definition) is 3. The number of hydrogen-bond acceptors (Lipinski definition) is 6. The summed E-state index contributed by atoms with van der Waals surface area (Å²) in [6.45, 7) is 0.917. The molecule has 7 heteroatoms. The van der Waals surface area contributed by atoms with Crippen LogP contribution in [-0.2, 0) is 4.79 Å². The van der Waals surface area contributed by atoms with Crippen molar-refractivity contribution in [1.82, 2.24) is 20.4 Å². The minimum Gasteiger partial charge on any atom is -0.507 e. The Morgan fingerprint density at radius 3 is 2.61 bits per heavy atom. The Morgan fingerprint density at radius 2 is 1.97 bits per heavy atom. The number of nitrogens with zero attached hydrogens (tertiary/aromatic N) is 3. The Bertz CT molecular complexity index is 929. The number of benzene rings is 1. The van der Waals surface area contributed by atoms with Crippen molar-refractivity contribution in [3.05, 3.63) is 42.0 Å². The topological polar surface area (TPSA) is 90.4 Å². The molecular formula is C24H31N5O2. The number of aromatic nitrogens is 2. The molecule has 7 nitrogen and oxygen atoms in total. The fourth-order valence-corrected chi connectivity index (χ4v) is 4.55. The van der Waals surface area contributed by atoms with Crippen LogP contribution in [0.1, 0.15) is 37.7 Å². The molecule has 4 rings (SSSR count). The van der Waals surface area contributed by atoms with Crippen LogP contribution in [0.3, 0.4) is 0 Å². The Balaban J connectivity index is 1.36. The third-order valence-corrected chi connectivity index (χ3v) is 6.21. The zero-order valence-electron chi connectivity index (χ0n) is 18.2. The van der Waals surface area contributed by atoms with Crippen LogP contribution in [-0.4, -0.2) is 58.8 Å². The van der Waals surface area contributed by atoms with Crippen molar-refractivity contribution in [2.45, 2.75) is 44.2 Å². The van der Waals surface area contributed by atoms with E-state index in [0.717, 1.165) is 17.9 Å². The summed E-state index contributed by atoms with van der Waals surface area (Å²) in [5.41, 5.74) is 1.97. The van der Waals surface area contributed by atoms with Gasteiger partial charge in [0.05, 0.1) is 5.69 Å². The van der Waals surface area contributed by atoms with E-state index in [9.17, 15) is 9.90 Å². The maximum Gasteiger partial charge on any atom is 0.246 e. The summed E-state index contributed by atoms with van der Waals surface area (Å²) in [6.07, 6.45) is 9.56. The van der Waals surface area contributed by atoms with Crippen LogP contribution < -0.4 is 10.6 Å². The van der Waals surface area contributed by atoms with Gasteiger partial charge in [-0.1, -0.05) is 12.5 Å². The monoisotopic (exact) mass is 421 g/mol. The smallest absolute Gasteiger partial charge is 0.246 e. The molecule has 2 unspecified atom stereocenters.